The Morgan fingerprint density at radius 3 is 2.74 bits per heavy atom. The monoisotopic (exact) mass is 269 g/mol. The Kier molecular flexibility index (Phi) is 5.95. The molecule has 0 saturated carbocycles. The lowest BCUT2D eigenvalue weighted by Crippen LogP contribution is -2.58. The van der Waals surface area contributed by atoms with Crippen molar-refractivity contribution in [2.75, 3.05) is 13.1 Å². The van der Waals surface area contributed by atoms with Crippen LogP contribution in [0.15, 0.2) is 0 Å². The molecule has 2 unspecified atom stereocenters. The van der Waals surface area contributed by atoms with E-state index in [9.17, 15) is 14.4 Å². The molecular formula is C13H23N3O3. The number of piperazine rings is 1. The van der Waals surface area contributed by atoms with E-state index in [1.807, 2.05) is 0 Å². The van der Waals surface area contributed by atoms with Crippen molar-refractivity contribution < 1.29 is 14.4 Å². The van der Waals surface area contributed by atoms with Crippen molar-refractivity contribution in [3.63, 3.8) is 0 Å². The van der Waals surface area contributed by atoms with Gasteiger partial charge in [0.2, 0.25) is 17.7 Å². The lowest BCUT2D eigenvalue weighted by Gasteiger charge is -2.32. The summed E-state index contributed by atoms with van der Waals surface area (Å²) in [5, 5.41) is 2.22. The SMILES string of the molecule is CCC(CCN)CCC(=O)N1CC(=O)NC(=O)C1C. The smallest absolute Gasteiger partial charge is 0.249 e. The molecular weight excluding hydrogens is 246 g/mol. The van der Waals surface area contributed by atoms with Crippen LogP contribution >= 0.6 is 0 Å². The number of nitrogens with two attached hydrogens (primary N) is 1. The number of imide groups is 1. The van der Waals surface area contributed by atoms with Gasteiger partial charge in [0.15, 0.2) is 0 Å². The third-order valence-electron chi connectivity index (χ3n) is 3.66. The van der Waals surface area contributed by atoms with E-state index in [1.54, 1.807) is 6.92 Å². The Hall–Kier alpha value is -1.43. The number of hydrogen-bond acceptors (Lipinski definition) is 4. The molecule has 1 heterocycles. The van der Waals surface area contributed by atoms with Gasteiger partial charge in [0.25, 0.3) is 0 Å². The van der Waals surface area contributed by atoms with Crippen LogP contribution in [-0.4, -0.2) is 41.8 Å². The molecule has 1 aliphatic heterocycles. The Morgan fingerprint density at radius 1 is 1.47 bits per heavy atom. The molecule has 1 fully saturated rings. The predicted octanol–water partition coefficient (Wildman–Crippen LogP) is 0.0151. The van der Waals surface area contributed by atoms with E-state index in [-0.39, 0.29) is 12.5 Å². The molecule has 0 radical (unpaired) electrons. The number of carbonyl (C=O) groups is 3. The average molecular weight is 269 g/mol. The molecule has 0 aromatic carbocycles. The van der Waals surface area contributed by atoms with Crippen LogP contribution in [0, 0.1) is 5.92 Å². The van der Waals surface area contributed by atoms with Crippen LogP contribution < -0.4 is 11.1 Å². The summed E-state index contributed by atoms with van der Waals surface area (Å²) in [4.78, 5) is 36.2. The quantitative estimate of drug-likeness (QED) is 0.665. The molecule has 3 amide bonds. The van der Waals surface area contributed by atoms with Crippen molar-refractivity contribution >= 4 is 17.7 Å². The highest BCUT2D eigenvalue weighted by molar-refractivity contribution is 6.04. The van der Waals surface area contributed by atoms with Gasteiger partial charge in [-0.1, -0.05) is 13.3 Å². The molecule has 19 heavy (non-hydrogen) atoms. The fourth-order valence-corrected chi connectivity index (χ4v) is 2.28. The van der Waals surface area contributed by atoms with Gasteiger partial charge in [-0.15, -0.1) is 0 Å². The zero-order valence-electron chi connectivity index (χ0n) is 11.6. The van der Waals surface area contributed by atoms with Gasteiger partial charge in [0.05, 0.1) is 0 Å². The zero-order chi connectivity index (χ0) is 14.4. The van der Waals surface area contributed by atoms with E-state index in [2.05, 4.69) is 12.2 Å². The third kappa shape index (κ3) is 4.31. The summed E-state index contributed by atoms with van der Waals surface area (Å²) < 4.78 is 0. The lowest BCUT2D eigenvalue weighted by atomic mass is 9.96. The first-order valence-electron chi connectivity index (χ1n) is 6.82. The summed E-state index contributed by atoms with van der Waals surface area (Å²) in [6, 6.07) is -0.570. The average Bonchev–Trinajstić information content (AvgIpc) is 2.38. The highest BCUT2D eigenvalue weighted by Crippen LogP contribution is 2.17. The molecule has 2 atom stereocenters. The summed E-state index contributed by atoms with van der Waals surface area (Å²) in [5.74, 6) is -0.520. The number of nitrogens with one attached hydrogen (secondary N) is 1. The lowest BCUT2D eigenvalue weighted by molar-refractivity contribution is -0.149. The Balaban J connectivity index is 2.52. The molecule has 0 bridgehead atoms. The van der Waals surface area contributed by atoms with Crippen LogP contribution in [-0.2, 0) is 14.4 Å². The number of amides is 3. The van der Waals surface area contributed by atoms with Gasteiger partial charge >= 0.3 is 0 Å². The molecule has 1 saturated heterocycles. The second kappa shape index (κ2) is 7.23. The largest absolute Gasteiger partial charge is 0.330 e. The van der Waals surface area contributed by atoms with Gasteiger partial charge in [-0.05, 0) is 32.2 Å². The minimum Gasteiger partial charge on any atom is -0.330 e. The standard InChI is InChI=1S/C13H23N3O3/c1-3-10(6-7-14)4-5-12(18)16-8-11(17)15-13(19)9(16)2/h9-10H,3-8,14H2,1-2H3,(H,15,17,19). The molecule has 0 spiro atoms. The summed E-state index contributed by atoms with van der Waals surface area (Å²) in [6.45, 7) is 4.30. The maximum Gasteiger partial charge on any atom is 0.249 e. The van der Waals surface area contributed by atoms with Crippen molar-refractivity contribution in [2.24, 2.45) is 11.7 Å². The van der Waals surface area contributed by atoms with Gasteiger partial charge in [0.1, 0.15) is 12.6 Å². The van der Waals surface area contributed by atoms with E-state index >= 15 is 0 Å². The molecule has 0 aromatic heterocycles. The maximum absolute atomic E-state index is 12.1. The number of nitrogens with zero attached hydrogens (tertiary/aromatic N) is 1. The summed E-state index contributed by atoms with van der Waals surface area (Å²) in [6.07, 6.45) is 3.01. The fourth-order valence-electron chi connectivity index (χ4n) is 2.28. The van der Waals surface area contributed by atoms with Crippen LogP contribution in [0.2, 0.25) is 0 Å². The number of carbonyl (C=O) groups excluding carboxylic acids is 3. The highest BCUT2D eigenvalue weighted by Gasteiger charge is 2.33. The van der Waals surface area contributed by atoms with E-state index in [4.69, 9.17) is 5.73 Å². The number of rotatable bonds is 6. The van der Waals surface area contributed by atoms with Gasteiger partial charge in [-0.3, -0.25) is 19.7 Å². The van der Waals surface area contributed by atoms with Crippen molar-refractivity contribution in [3.8, 4) is 0 Å². The minimum absolute atomic E-state index is 0.0284. The molecule has 1 aliphatic rings. The summed E-state index contributed by atoms with van der Waals surface area (Å²) >= 11 is 0. The van der Waals surface area contributed by atoms with Gasteiger partial charge in [0, 0.05) is 6.42 Å². The third-order valence-corrected chi connectivity index (χ3v) is 3.66. The van der Waals surface area contributed by atoms with Crippen LogP contribution in [0.25, 0.3) is 0 Å². The summed E-state index contributed by atoms with van der Waals surface area (Å²) in [5.41, 5.74) is 5.52. The first kappa shape index (κ1) is 15.6. The van der Waals surface area contributed by atoms with E-state index in [0.29, 0.717) is 18.9 Å². The van der Waals surface area contributed by atoms with Crippen molar-refractivity contribution in [1.29, 1.82) is 0 Å². The normalized spacial score (nSPS) is 21.2. The topological polar surface area (TPSA) is 92.5 Å². The Labute approximate surface area is 113 Å². The summed E-state index contributed by atoms with van der Waals surface area (Å²) in [7, 11) is 0. The zero-order valence-corrected chi connectivity index (χ0v) is 11.6. The van der Waals surface area contributed by atoms with E-state index in [1.165, 1.54) is 4.90 Å². The first-order valence-corrected chi connectivity index (χ1v) is 6.82. The van der Waals surface area contributed by atoms with Gasteiger partial charge in [-0.25, -0.2) is 0 Å². The van der Waals surface area contributed by atoms with Crippen molar-refractivity contribution in [2.45, 2.75) is 45.6 Å². The molecule has 0 aromatic rings. The highest BCUT2D eigenvalue weighted by atomic mass is 16.2. The molecule has 108 valence electrons. The Bertz CT molecular complexity index is 357. The molecule has 6 heteroatoms. The minimum atomic E-state index is -0.570. The number of hydrogen-bond donors (Lipinski definition) is 2. The fraction of sp³-hybridized carbons (Fsp3) is 0.769. The van der Waals surface area contributed by atoms with Crippen LogP contribution in [0.5, 0.6) is 0 Å². The first-order chi connectivity index (χ1) is 8.99. The second-order valence-corrected chi connectivity index (χ2v) is 5.00. The molecule has 1 rings (SSSR count). The van der Waals surface area contributed by atoms with Crippen molar-refractivity contribution in [1.82, 2.24) is 10.2 Å². The van der Waals surface area contributed by atoms with Crippen LogP contribution in [0.3, 0.4) is 0 Å². The molecule has 0 aliphatic carbocycles. The molecule has 3 N–H and O–H groups in total. The second-order valence-electron chi connectivity index (χ2n) is 5.00. The van der Waals surface area contributed by atoms with Gasteiger partial charge < -0.3 is 10.6 Å². The predicted molar refractivity (Wildman–Crippen MR) is 71.0 cm³/mol. The maximum atomic E-state index is 12.1. The van der Waals surface area contributed by atoms with E-state index in [0.717, 1.165) is 19.3 Å². The molecule has 6 nitrogen and oxygen atoms in total. The van der Waals surface area contributed by atoms with E-state index < -0.39 is 17.9 Å². The Morgan fingerprint density at radius 2 is 2.16 bits per heavy atom. The van der Waals surface area contributed by atoms with Crippen LogP contribution in [0.1, 0.15) is 39.5 Å². The van der Waals surface area contributed by atoms with Crippen LogP contribution in [0.4, 0.5) is 0 Å². The van der Waals surface area contributed by atoms with Gasteiger partial charge in [-0.2, -0.15) is 0 Å². The van der Waals surface area contributed by atoms with Crippen molar-refractivity contribution in [3.05, 3.63) is 0 Å².